The lowest BCUT2D eigenvalue weighted by atomic mass is 10.1. The van der Waals surface area contributed by atoms with Crippen molar-refractivity contribution in [1.82, 2.24) is 10.3 Å². The van der Waals surface area contributed by atoms with Crippen LogP contribution in [0.3, 0.4) is 0 Å². The molecule has 0 radical (unpaired) electrons. The number of hydrogen-bond acceptors (Lipinski definition) is 2. The van der Waals surface area contributed by atoms with Crippen LogP contribution in [-0.2, 0) is 0 Å². The summed E-state index contributed by atoms with van der Waals surface area (Å²) in [5.74, 6) is 0. The Morgan fingerprint density at radius 3 is 2.69 bits per heavy atom. The number of unbranched alkanes of at least 4 members (excludes halogenated alkanes) is 4. The molecule has 1 rings (SSSR count). The summed E-state index contributed by atoms with van der Waals surface area (Å²) >= 11 is 0. The fourth-order valence-electron chi connectivity index (χ4n) is 1.78. The van der Waals surface area contributed by atoms with E-state index in [1.54, 1.807) is 0 Å². The van der Waals surface area contributed by atoms with Gasteiger partial charge < -0.3 is 5.32 Å². The third kappa shape index (κ3) is 5.26. The number of nitrogens with one attached hydrogen (secondary N) is 1. The Kier molecular flexibility index (Phi) is 6.82. The molecule has 0 aromatic carbocycles. The van der Waals surface area contributed by atoms with Crippen molar-refractivity contribution in [2.24, 2.45) is 0 Å². The Morgan fingerprint density at radius 1 is 1.19 bits per heavy atom. The second kappa shape index (κ2) is 8.28. The standard InChI is InChI=1S/C14H24N2/c1-3-4-5-6-8-11-15-13(2)14-10-7-9-12-16-14/h7,9-10,12-13,15H,3-6,8,11H2,1-2H3/t13-/m0/s1. The Balaban J connectivity index is 2.09. The Hall–Kier alpha value is -0.890. The molecule has 1 aromatic heterocycles. The van der Waals surface area contributed by atoms with Gasteiger partial charge >= 0.3 is 0 Å². The van der Waals surface area contributed by atoms with Gasteiger partial charge in [-0.25, -0.2) is 0 Å². The highest BCUT2D eigenvalue weighted by Crippen LogP contribution is 2.08. The van der Waals surface area contributed by atoms with E-state index in [0.717, 1.165) is 12.2 Å². The molecule has 0 bridgehead atoms. The van der Waals surface area contributed by atoms with Crippen LogP contribution in [-0.4, -0.2) is 11.5 Å². The molecular weight excluding hydrogens is 196 g/mol. The molecule has 0 aliphatic heterocycles. The Bertz CT molecular complexity index is 259. The van der Waals surface area contributed by atoms with Crippen molar-refractivity contribution in [2.75, 3.05) is 6.54 Å². The molecule has 90 valence electrons. The Labute approximate surface area is 99.5 Å². The highest BCUT2D eigenvalue weighted by molar-refractivity contribution is 5.07. The van der Waals surface area contributed by atoms with Gasteiger partial charge in [0.15, 0.2) is 0 Å². The van der Waals surface area contributed by atoms with Crippen molar-refractivity contribution < 1.29 is 0 Å². The highest BCUT2D eigenvalue weighted by atomic mass is 14.9. The first-order valence-corrected chi connectivity index (χ1v) is 6.49. The summed E-state index contributed by atoms with van der Waals surface area (Å²) in [5.41, 5.74) is 1.14. The van der Waals surface area contributed by atoms with Crippen LogP contribution >= 0.6 is 0 Å². The predicted octanol–water partition coefficient (Wildman–Crippen LogP) is 3.70. The molecule has 2 heteroatoms. The van der Waals surface area contributed by atoms with Gasteiger partial charge in [0.2, 0.25) is 0 Å². The van der Waals surface area contributed by atoms with Crippen LogP contribution in [0.15, 0.2) is 24.4 Å². The van der Waals surface area contributed by atoms with E-state index in [4.69, 9.17) is 0 Å². The summed E-state index contributed by atoms with van der Waals surface area (Å²) in [6.45, 7) is 5.53. The molecule has 1 heterocycles. The number of pyridine rings is 1. The minimum atomic E-state index is 0.368. The molecule has 1 aromatic rings. The van der Waals surface area contributed by atoms with Gasteiger partial charge in [-0.1, -0.05) is 38.7 Å². The largest absolute Gasteiger partial charge is 0.309 e. The fraction of sp³-hybridized carbons (Fsp3) is 0.643. The normalized spacial score (nSPS) is 12.6. The smallest absolute Gasteiger partial charge is 0.0570 e. The van der Waals surface area contributed by atoms with Gasteiger partial charge in [0.1, 0.15) is 0 Å². The first-order chi connectivity index (χ1) is 7.84. The number of nitrogens with zero attached hydrogens (tertiary/aromatic N) is 1. The monoisotopic (exact) mass is 220 g/mol. The zero-order valence-corrected chi connectivity index (χ0v) is 10.6. The number of hydrogen-bond donors (Lipinski definition) is 1. The number of aromatic nitrogens is 1. The van der Waals surface area contributed by atoms with Crippen LogP contribution in [0, 0.1) is 0 Å². The maximum atomic E-state index is 4.34. The summed E-state index contributed by atoms with van der Waals surface area (Å²) in [5, 5.41) is 3.51. The topological polar surface area (TPSA) is 24.9 Å². The van der Waals surface area contributed by atoms with Crippen LogP contribution in [0.1, 0.15) is 57.7 Å². The van der Waals surface area contributed by atoms with E-state index in [0.29, 0.717) is 6.04 Å². The summed E-state index contributed by atoms with van der Waals surface area (Å²) in [4.78, 5) is 4.34. The first-order valence-electron chi connectivity index (χ1n) is 6.49. The van der Waals surface area contributed by atoms with Crippen LogP contribution in [0.5, 0.6) is 0 Å². The van der Waals surface area contributed by atoms with E-state index in [9.17, 15) is 0 Å². The van der Waals surface area contributed by atoms with Gasteiger partial charge in [-0.15, -0.1) is 0 Å². The molecule has 0 aliphatic carbocycles. The molecule has 2 nitrogen and oxygen atoms in total. The lowest BCUT2D eigenvalue weighted by Crippen LogP contribution is -2.20. The van der Waals surface area contributed by atoms with E-state index in [1.807, 2.05) is 18.3 Å². The van der Waals surface area contributed by atoms with Gasteiger partial charge in [-0.3, -0.25) is 4.98 Å². The van der Waals surface area contributed by atoms with Crippen molar-refractivity contribution in [3.63, 3.8) is 0 Å². The maximum Gasteiger partial charge on any atom is 0.0570 e. The third-order valence-electron chi connectivity index (χ3n) is 2.86. The third-order valence-corrected chi connectivity index (χ3v) is 2.86. The van der Waals surface area contributed by atoms with E-state index in [1.165, 1.54) is 32.1 Å². The van der Waals surface area contributed by atoms with Gasteiger partial charge in [0.05, 0.1) is 5.69 Å². The van der Waals surface area contributed by atoms with Crippen molar-refractivity contribution >= 4 is 0 Å². The van der Waals surface area contributed by atoms with Gasteiger partial charge in [-0.05, 0) is 32.0 Å². The highest BCUT2D eigenvalue weighted by Gasteiger charge is 2.03. The molecule has 0 spiro atoms. The lowest BCUT2D eigenvalue weighted by molar-refractivity contribution is 0.523. The second-order valence-corrected chi connectivity index (χ2v) is 4.34. The zero-order chi connectivity index (χ0) is 11.6. The predicted molar refractivity (Wildman–Crippen MR) is 69.4 cm³/mol. The second-order valence-electron chi connectivity index (χ2n) is 4.34. The molecule has 16 heavy (non-hydrogen) atoms. The van der Waals surface area contributed by atoms with Crippen LogP contribution in [0.2, 0.25) is 0 Å². The van der Waals surface area contributed by atoms with E-state index < -0.39 is 0 Å². The lowest BCUT2D eigenvalue weighted by Gasteiger charge is -2.12. The van der Waals surface area contributed by atoms with Gasteiger partial charge in [0.25, 0.3) is 0 Å². The van der Waals surface area contributed by atoms with Crippen molar-refractivity contribution in [3.8, 4) is 0 Å². The van der Waals surface area contributed by atoms with Gasteiger partial charge in [0, 0.05) is 12.2 Å². The van der Waals surface area contributed by atoms with Crippen LogP contribution < -0.4 is 5.32 Å². The summed E-state index contributed by atoms with van der Waals surface area (Å²) in [6, 6.07) is 6.45. The van der Waals surface area contributed by atoms with E-state index in [-0.39, 0.29) is 0 Å². The SMILES string of the molecule is CCCCCCCN[C@@H](C)c1ccccn1. The molecule has 0 amide bonds. The summed E-state index contributed by atoms with van der Waals surface area (Å²) in [7, 11) is 0. The molecule has 0 unspecified atom stereocenters. The van der Waals surface area contributed by atoms with Crippen molar-refractivity contribution in [3.05, 3.63) is 30.1 Å². The molecule has 0 saturated carbocycles. The first kappa shape index (κ1) is 13.2. The molecule has 0 aliphatic rings. The molecular formula is C14H24N2. The van der Waals surface area contributed by atoms with Crippen LogP contribution in [0.25, 0.3) is 0 Å². The van der Waals surface area contributed by atoms with Gasteiger partial charge in [-0.2, -0.15) is 0 Å². The Morgan fingerprint density at radius 2 is 2.00 bits per heavy atom. The average molecular weight is 220 g/mol. The number of rotatable bonds is 8. The average Bonchev–Trinajstić information content (AvgIpc) is 2.34. The molecule has 1 atom stereocenters. The van der Waals surface area contributed by atoms with Crippen molar-refractivity contribution in [1.29, 1.82) is 0 Å². The summed E-state index contributed by atoms with van der Waals surface area (Å²) in [6.07, 6.45) is 8.53. The minimum Gasteiger partial charge on any atom is -0.309 e. The van der Waals surface area contributed by atoms with E-state index >= 15 is 0 Å². The minimum absolute atomic E-state index is 0.368. The van der Waals surface area contributed by atoms with E-state index in [2.05, 4.69) is 30.2 Å². The summed E-state index contributed by atoms with van der Waals surface area (Å²) < 4.78 is 0. The zero-order valence-electron chi connectivity index (χ0n) is 10.6. The maximum absolute atomic E-state index is 4.34. The van der Waals surface area contributed by atoms with Crippen molar-refractivity contribution in [2.45, 2.75) is 52.0 Å². The molecule has 1 N–H and O–H groups in total. The molecule has 0 fully saturated rings. The quantitative estimate of drug-likeness (QED) is 0.676. The van der Waals surface area contributed by atoms with Crippen LogP contribution in [0.4, 0.5) is 0 Å². The molecule has 0 saturated heterocycles. The fourth-order valence-corrected chi connectivity index (χ4v) is 1.78.